The normalized spacial score (nSPS) is 14.8. The molecule has 2 nitrogen and oxygen atoms in total. The highest BCUT2D eigenvalue weighted by Gasteiger charge is 2.30. The summed E-state index contributed by atoms with van der Waals surface area (Å²) in [6, 6.07) is 7.74. The lowest BCUT2D eigenvalue weighted by Crippen LogP contribution is -2.25. The number of anilines is 1. The van der Waals surface area contributed by atoms with Crippen molar-refractivity contribution < 1.29 is 4.79 Å². The minimum Gasteiger partial charge on any atom is -0.276 e. The highest BCUT2D eigenvalue weighted by molar-refractivity contribution is 9.28. The van der Waals surface area contributed by atoms with Crippen LogP contribution in [0.2, 0.25) is 0 Å². The Labute approximate surface area is 144 Å². The monoisotopic (exact) mass is 461 g/mol. The van der Waals surface area contributed by atoms with Crippen LogP contribution in [0.5, 0.6) is 0 Å². The quantitative estimate of drug-likeness (QED) is 0.546. The van der Waals surface area contributed by atoms with Crippen molar-refractivity contribution in [2.24, 2.45) is 0 Å². The van der Waals surface area contributed by atoms with Crippen LogP contribution in [0.15, 0.2) is 49.5 Å². The lowest BCUT2D eigenvalue weighted by molar-refractivity contribution is -0.114. The highest BCUT2D eigenvalue weighted by atomic mass is 79.9. The number of nitrogens with zero attached hydrogens (tertiary/aromatic N) is 1. The van der Waals surface area contributed by atoms with Crippen LogP contribution in [-0.4, -0.2) is 5.91 Å². The van der Waals surface area contributed by atoms with Gasteiger partial charge in [0.05, 0.1) is 9.09 Å². The molecule has 0 atom stereocenters. The van der Waals surface area contributed by atoms with Crippen molar-refractivity contribution in [3.8, 4) is 0 Å². The molecule has 1 aromatic carbocycles. The van der Waals surface area contributed by atoms with Crippen molar-refractivity contribution >= 4 is 59.4 Å². The molecule has 20 heavy (non-hydrogen) atoms. The van der Waals surface area contributed by atoms with Gasteiger partial charge in [0.25, 0.3) is 5.91 Å². The predicted molar refractivity (Wildman–Crippen MR) is 94.1 cm³/mol. The molecule has 1 aliphatic rings. The third kappa shape index (κ3) is 3.43. The lowest BCUT2D eigenvalue weighted by atomic mass is 10.1. The fraction of sp³-hybridized carbons (Fsp3) is 0.267. The minimum atomic E-state index is 0.0622. The zero-order valence-electron chi connectivity index (χ0n) is 11.0. The van der Waals surface area contributed by atoms with Crippen molar-refractivity contribution in [3.05, 3.63) is 49.5 Å². The molecule has 0 spiro atoms. The molecule has 0 aromatic heterocycles. The summed E-state index contributed by atoms with van der Waals surface area (Å²) in [4.78, 5) is 14.3. The maximum Gasteiger partial charge on any atom is 0.258 e. The summed E-state index contributed by atoms with van der Waals surface area (Å²) in [6.45, 7) is 2.13. The van der Waals surface area contributed by atoms with E-state index in [1.807, 2.05) is 30.3 Å². The average molecular weight is 464 g/mol. The van der Waals surface area contributed by atoms with E-state index in [0.29, 0.717) is 0 Å². The Bertz CT molecular complexity index is 571. The van der Waals surface area contributed by atoms with Gasteiger partial charge < -0.3 is 0 Å². The summed E-state index contributed by atoms with van der Waals surface area (Å²) in [5.41, 5.74) is 2.58. The van der Waals surface area contributed by atoms with Crippen molar-refractivity contribution in [2.45, 2.75) is 26.2 Å². The van der Waals surface area contributed by atoms with Crippen LogP contribution < -0.4 is 4.90 Å². The fourth-order valence-electron chi connectivity index (χ4n) is 2.08. The zero-order chi connectivity index (χ0) is 14.7. The molecule has 2 rings (SSSR count). The Morgan fingerprint density at radius 2 is 1.85 bits per heavy atom. The molecular weight excluding hydrogens is 450 g/mol. The molecule has 0 saturated carbocycles. The van der Waals surface area contributed by atoms with Crippen LogP contribution in [0.1, 0.15) is 26.2 Å². The molecule has 0 saturated heterocycles. The van der Waals surface area contributed by atoms with Gasteiger partial charge >= 0.3 is 0 Å². The molecule has 0 fully saturated rings. The topological polar surface area (TPSA) is 20.3 Å². The molecule has 1 aliphatic heterocycles. The van der Waals surface area contributed by atoms with Crippen molar-refractivity contribution in [3.63, 3.8) is 0 Å². The van der Waals surface area contributed by atoms with Gasteiger partial charge in [-0.1, -0.05) is 29.3 Å². The second-order valence-electron chi connectivity index (χ2n) is 4.54. The minimum absolute atomic E-state index is 0.0622. The fourth-order valence-corrected chi connectivity index (χ4v) is 2.92. The molecule has 0 N–H and O–H groups in total. The third-order valence-electron chi connectivity index (χ3n) is 3.11. The average Bonchev–Trinajstić information content (AvgIpc) is 2.75. The Kier molecular flexibility index (Phi) is 5.64. The van der Waals surface area contributed by atoms with Crippen LogP contribution in [-0.2, 0) is 4.79 Å². The van der Waals surface area contributed by atoms with E-state index in [0.717, 1.165) is 44.1 Å². The number of halogens is 3. The Morgan fingerprint density at radius 1 is 1.20 bits per heavy atom. The number of carbonyl (C=O) groups excluding carboxylic acids is 1. The first-order chi connectivity index (χ1) is 9.54. The second kappa shape index (κ2) is 7.05. The Morgan fingerprint density at radius 3 is 2.40 bits per heavy atom. The first-order valence-electron chi connectivity index (χ1n) is 6.40. The molecule has 0 aliphatic carbocycles. The molecule has 0 unspecified atom stereocenters. The SMILES string of the molecule is CCCCC1=CC(=C(Br)Br)N(c2ccc(Br)cc2)C1=O. The van der Waals surface area contributed by atoms with E-state index in [9.17, 15) is 4.79 Å². The molecule has 1 heterocycles. The summed E-state index contributed by atoms with van der Waals surface area (Å²) in [6.07, 6.45) is 4.88. The van der Waals surface area contributed by atoms with E-state index in [2.05, 4.69) is 54.7 Å². The largest absolute Gasteiger partial charge is 0.276 e. The van der Waals surface area contributed by atoms with Gasteiger partial charge in [-0.05, 0) is 75.0 Å². The maximum absolute atomic E-state index is 12.6. The second-order valence-corrected chi connectivity index (χ2v) is 8.10. The van der Waals surface area contributed by atoms with Gasteiger partial charge in [-0.2, -0.15) is 0 Å². The van der Waals surface area contributed by atoms with E-state index in [4.69, 9.17) is 0 Å². The molecular formula is C15H14Br3NO. The smallest absolute Gasteiger partial charge is 0.258 e. The predicted octanol–water partition coefficient (Wildman–Crippen LogP) is 5.87. The Hall–Kier alpha value is -0.390. The first kappa shape index (κ1) is 16.0. The summed E-state index contributed by atoms with van der Waals surface area (Å²) >= 11 is 10.3. The van der Waals surface area contributed by atoms with Crippen molar-refractivity contribution in [1.29, 1.82) is 0 Å². The van der Waals surface area contributed by atoms with Gasteiger partial charge in [0.1, 0.15) is 0 Å². The van der Waals surface area contributed by atoms with Crippen LogP contribution in [0.3, 0.4) is 0 Å². The number of hydrogen-bond acceptors (Lipinski definition) is 1. The highest BCUT2D eigenvalue weighted by Crippen LogP contribution is 2.36. The maximum atomic E-state index is 12.6. The van der Waals surface area contributed by atoms with Gasteiger partial charge in [-0.15, -0.1) is 0 Å². The van der Waals surface area contributed by atoms with Crippen LogP contribution in [0.25, 0.3) is 0 Å². The third-order valence-corrected chi connectivity index (χ3v) is 4.45. The summed E-state index contributed by atoms with van der Waals surface area (Å²) in [7, 11) is 0. The number of rotatable bonds is 4. The lowest BCUT2D eigenvalue weighted by Gasteiger charge is -2.19. The number of unbranched alkanes of at least 4 members (excludes halogenated alkanes) is 1. The number of hydrogen-bond donors (Lipinski definition) is 0. The number of benzene rings is 1. The molecule has 0 bridgehead atoms. The van der Waals surface area contributed by atoms with Crippen molar-refractivity contribution in [1.82, 2.24) is 0 Å². The van der Waals surface area contributed by atoms with Gasteiger partial charge in [0.2, 0.25) is 0 Å². The zero-order valence-corrected chi connectivity index (χ0v) is 15.8. The molecule has 106 valence electrons. The van der Waals surface area contributed by atoms with E-state index in [1.165, 1.54) is 0 Å². The van der Waals surface area contributed by atoms with Crippen LogP contribution >= 0.6 is 47.8 Å². The number of allylic oxidation sites excluding steroid dienone is 1. The van der Waals surface area contributed by atoms with Crippen LogP contribution in [0.4, 0.5) is 5.69 Å². The van der Waals surface area contributed by atoms with Crippen molar-refractivity contribution in [2.75, 3.05) is 4.90 Å². The Balaban J connectivity index is 2.36. The van der Waals surface area contributed by atoms with Gasteiger partial charge in [-0.25, -0.2) is 0 Å². The molecule has 5 heteroatoms. The number of amides is 1. The van der Waals surface area contributed by atoms with Gasteiger partial charge in [0.15, 0.2) is 0 Å². The standard InChI is InChI=1S/C15H14Br3NO/c1-2-3-4-10-9-13(14(17)18)19(15(10)20)12-7-5-11(16)6-8-12/h5-9H,2-4H2,1H3. The van der Waals surface area contributed by atoms with E-state index >= 15 is 0 Å². The van der Waals surface area contributed by atoms with Gasteiger partial charge in [0, 0.05) is 15.7 Å². The molecule has 1 aromatic rings. The molecule has 0 radical (unpaired) electrons. The van der Waals surface area contributed by atoms with Gasteiger partial charge in [-0.3, -0.25) is 9.69 Å². The summed E-state index contributed by atoms with van der Waals surface area (Å²) in [5.74, 6) is 0.0622. The molecule has 1 amide bonds. The van der Waals surface area contributed by atoms with Crippen LogP contribution in [0, 0.1) is 0 Å². The first-order valence-corrected chi connectivity index (χ1v) is 8.78. The van der Waals surface area contributed by atoms with E-state index in [-0.39, 0.29) is 5.91 Å². The van der Waals surface area contributed by atoms with E-state index in [1.54, 1.807) is 4.90 Å². The summed E-state index contributed by atoms with van der Waals surface area (Å²) < 4.78 is 1.78. The summed E-state index contributed by atoms with van der Waals surface area (Å²) in [5, 5.41) is 0. The van der Waals surface area contributed by atoms with E-state index < -0.39 is 0 Å². The number of carbonyl (C=O) groups is 1.